The Morgan fingerprint density at radius 2 is 2.08 bits per heavy atom. The van der Waals surface area contributed by atoms with Crippen molar-refractivity contribution < 1.29 is 13.2 Å². The van der Waals surface area contributed by atoms with Crippen molar-refractivity contribution in [1.82, 2.24) is 4.98 Å². The van der Waals surface area contributed by atoms with E-state index < -0.39 is 11.6 Å². The molecule has 4 heteroatoms. The van der Waals surface area contributed by atoms with Crippen molar-refractivity contribution in [1.29, 1.82) is 0 Å². The van der Waals surface area contributed by atoms with Gasteiger partial charge in [0.05, 0.1) is 0 Å². The monoisotopic (exact) mass is 169 g/mol. The van der Waals surface area contributed by atoms with Crippen LogP contribution in [-0.4, -0.2) is 4.98 Å². The molecule has 0 radical (unpaired) electrons. The van der Waals surface area contributed by atoms with Crippen molar-refractivity contribution in [2.75, 3.05) is 0 Å². The van der Waals surface area contributed by atoms with Gasteiger partial charge >= 0.3 is 0 Å². The maximum absolute atomic E-state index is 12.9. The molecule has 62 valence electrons. The molecule has 0 amide bonds. The summed E-state index contributed by atoms with van der Waals surface area (Å²) in [4.78, 5) is 3.69. The Bertz CT molecular complexity index is 436. The van der Waals surface area contributed by atoms with Crippen molar-refractivity contribution in [2.45, 2.75) is 6.92 Å². The number of aryl methyl sites for hydroxylation is 1. The fraction of sp³-hybridized carbons (Fsp3) is 0.125. The molecule has 1 heterocycles. The molecule has 0 unspecified atom stereocenters. The molecule has 0 spiro atoms. The molecule has 1 aromatic heterocycles. The number of hydrogen-bond donors (Lipinski definition) is 0. The Kier molecular flexibility index (Phi) is 1.36. The van der Waals surface area contributed by atoms with Crippen molar-refractivity contribution in [3.63, 3.8) is 0 Å². The standard InChI is InChI=1S/C8H5F2NO/c1-4-11-8-6(12-4)3-2-5(9)7(8)10/h2-3H,1H3. The zero-order chi connectivity index (χ0) is 8.72. The van der Waals surface area contributed by atoms with Crippen LogP contribution in [-0.2, 0) is 0 Å². The van der Waals surface area contributed by atoms with E-state index in [1.807, 2.05) is 0 Å². The summed E-state index contributed by atoms with van der Waals surface area (Å²) < 4.78 is 30.5. The molecule has 0 aliphatic heterocycles. The van der Waals surface area contributed by atoms with Crippen LogP contribution in [0, 0.1) is 18.6 Å². The molecule has 2 rings (SSSR count). The first-order chi connectivity index (χ1) is 5.68. The van der Waals surface area contributed by atoms with Gasteiger partial charge in [0.15, 0.2) is 23.1 Å². The van der Waals surface area contributed by atoms with E-state index in [4.69, 9.17) is 4.42 Å². The highest BCUT2D eigenvalue weighted by molar-refractivity contribution is 5.73. The highest BCUT2D eigenvalue weighted by atomic mass is 19.2. The van der Waals surface area contributed by atoms with E-state index in [2.05, 4.69) is 4.98 Å². The molecule has 0 aliphatic carbocycles. The van der Waals surface area contributed by atoms with Gasteiger partial charge in [0.2, 0.25) is 0 Å². The number of hydrogen-bond acceptors (Lipinski definition) is 2. The van der Waals surface area contributed by atoms with Gasteiger partial charge in [0.1, 0.15) is 5.52 Å². The molecule has 0 N–H and O–H groups in total. The summed E-state index contributed by atoms with van der Waals surface area (Å²) in [6.45, 7) is 1.58. The predicted molar refractivity (Wildman–Crippen MR) is 38.7 cm³/mol. The molecule has 12 heavy (non-hydrogen) atoms. The summed E-state index contributed by atoms with van der Waals surface area (Å²) in [6, 6.07) is 2.37. The van der Waals surface area contributed by atoms with Gasteiger partial charge in [-0.2, -0.15) is 0 Å². The average molecular weight is 169 g/mol. The van der Waals surface area contributed by atoms with Crippen molar-refractivity contribution in [3.8, 4) is 0 Å². The van der Waals surface area contributed by atoms with Crippen LogP contribution in [0.1, 0.15) is 5.89 Å². The first-order valence-electron chi connectivity index (χ1n) is 3.39. The Hall–Kier alpha value is -1.45. The SMILES string of the molecule is Cc1nc2c(F)c(F)ccc2o1. The number of fused-ring (bicyclic) bond motifs is 1. The summed E-state index contributed by atoms with van der Waals surface area (Å²) in [7, 11) is 0. The molecule has 0 saturated heterocycles. The first-order valence-corrected chi connectivity index (χ1v) is 3.39. The van der Waals surface area contributed by atoms with Crippen LogP contribution in [0.4, 0.5) is 8.78 Å². The van der Waals surface area contributed by atoms with E-state index in [0.29, 0.717) is 5.89 Å². The van der Waals surface area contributed by atoms with E-state index in [0.717, 1.165) is 6.07 Å². The van der Waals surface area contributed by atoms with Gasteiger partial charge in [-0.05, 0) is 12.1 Å². The first kappa shape index (κ1) is 7.21. The molecule has 0 atom stereocenters. The van der Waals surface area contributed by atoms with Gasteiger partial charge in [0, 0.05) is 6.92 Å². The Morgan fingerprint density at radius 3 is 2.83 bits per heavy atom. The third-order valence-electron chi connectivity index (χ3n) is 1.56. The Morgan fingerprint density at radius 1 is 1.33 bits per heavy atom. The maximum atomic E-state index is 12.9. The van der Waals surface area contributed by atoms with Crippen molar-refractivity contribution in [3.05, 3.63) is 29.7 Å². The second-order valence-corrected chi connectivity index (χ2v) is 2.44. The van der Waals surface area contributed by atoms with Gasteiger partial charge in [-0.25, -0.2) is 13.8 Å². The Labute approximate surface area is 66.8 Å². The fourth-order valence-corrected chi connectivity index (χ4v) is 1.05. The Balaban J connectivity index is 2.89. The summed E-state index contributed by atoms with van der Waals surface area (Å²) in [5, 5.41) is 0. The molecule has 0 bridgehead atoms. The summed E-state index contributed by atoms with van der Waals surface area (Å²) in [5.74, 6) is -1.53. The van der Waals surface area contributed by atoms with Crippen LogP contribution in [0.3, 0.4) is 0 Å². The number of halogens is 2. The van der Waals surface area contributed by atoms with Gasteiger partial charge in [-0.15, -0.1) is 0 Å². The minimum absolute atomic E-state index is 0.0486. The van der Waals surface area contributed by atoms with E-state index >= 15 is 0 Å². The molecular weight excluding hydrogens is 164 g/mol. The van der Waals surface area contributed by atoms with Crippen LogP contribution < -0.4 is 0 Å². The van der Waals surface area contributed by atoms with E-state index in [-0.39, 0.29) is 11.1 Å². The second kappa shape index (κ2) is 2.27. The minimum atomic E-state index is -0.954. The quantitative estimate of drug-likeness (QED) is 0.605. The lowest BCUT2D eigenvalue weighted by molar-refractivity contribution is 0.514. The number of aromatic nitrogens is 1. The molecular formula is C8H5F2NO. The normalized spacial score (nSPS) is 10.9. The predicted octanol–water partition coefficient (Wildman–Crippen LogP) is 2.41. The van der Waals surface area contributed by atoms with Crippen LogP contribution >= 0.6 is 0 Å². The smallest absolute Gasteiger partial charge is 0.192 e. The van der Waals surface area contributed by atoms with Crippen molar-refractivity contribution in [2.24, 2.45) is 0 Å². The summed E-state index contributed by atoms with van der Waals surface area (Å²) >= 11 is 0. The molecule has 0 aliphatic rings. The average Bonchev–Trinajstić information content (AvgIpc) is 2.39. The fourth-order valence-electron chi connectivity index (χ4n) is 1.05. The molecule has 0 fully saturated rings. The lowest BCUT2D eigenvalue weighted by atomic mass is 10.3. The topological polar surface area (TPSA) is 26.0 Å². The van der Waals surface area contributed by atoms with Crippen LogP contribution in [0.15, 0.2) is 16.5 Å². The number of rotatable bonds is 0. The highest BCUT2D eigenvalue weighted by Crippen LogP contribution is 2.20. The highest BCUT2D eigenvalue weighted by Gasteiger charge is 2.11. The van der Waals surface area contributed by atoms with Gasteiger partial charge in [-0.1, -0.05) is 0 Å². The molecule has 0 saturated carbocycles. The van der Waals surface area contributed by atoms with E-state index in [1.165, 1.54) is 6.07 Å². The molecule has 2 nitrogen and oxygen atoms in total. The molecule has 1 aromatic carbocycles. The van der Waals surface area contributed by atoms with Crippen LogP contribution in [0.5, 0.6) is 0 Å². The number of benzene rings is 1. The van der Waals surface area contributed by atoms with Gasteiger partial charge in [-0.3, -0.25) is 0 Å². The van der Waals surface area contributed by atoms with E-state index in [1.54, 1.807) is 6.92 Å². The third kappa shape index (κ3) is 0.879. The van der Waals surface area contributed by atoms with Crippen LogP contribution in [0.25, 0.3) is 11.1 Å². The van der Waals surface area contributed by atoms with E-state index in [9.17, 15) is 8.78 Å². The van der Waals surface area contributed by atoms with Crippen LogP contribution in [0.2, 0.25) is 0 Å². The molecule has 2 aromatic rings. The number of nitrogens with zero attached hydrogens (tertiary/aromatic N) is 1. The maximum Gasteiger partial charge on any atom is 0.192 e. The third-order valence-corrected chi connectivity index (χ3v) is 1.56. The minimum Gasteiger partial charge on any atom is -0.441 e. The second-order valence-electron chi connectivity index (χ2n) is 2.44. The zero-order valence-corrected chi connectivity index (χ0v) is 6.27. The zero-order valence-electron chi connectivity index (χ0n) is 6.27. The lowest BCUT2D eigenvalue weighted by Gasteiger charge is -1.89. The largest absolute Gasteiger partial charge is 0.441 e. The van der Waals surface area contributed by atoms with Gasteiger partial charge in [0.25, 0.3) is 0 Å². The number of oxazole rings is 1. The van der Waals surface area contributed by atoms with Gasteiger partial charge < -0.3 is 4.42 Å². The lowest BCUT2D eigenvalue weighted by Crippen LogP contribution is -1.84. The van der Waals surface area contributed by atoms with Crippen molar-refractivity contribution >= 4 is 11.1 Å². The summed E-state index contributed by atoms with van der Waals surface area (Å²) in [5.41, 5.74) is 0.221. The summed E-state index contributed by atoms with van der Waals surface area (Å²) in [6.07, 6.45) is 0.